The summed E-state index contributed by atoms with van der Waals surface area (Å²) in [5, 5.41) is 17.6. The van der Waals surface area contributed by atoms with Crippen LogP contribution in [0.4, 0.5) is 0 Å². The molecule has 0 fully saturated rings. The third-order valence-electron chi connectivity index (χ3n) is 2.26. The van der Waals surface area contributed by atoms with E-state index in [1.807, 2.05) is 0 Å². The Balaban J connectivity index is 0.000000487. The molecule has 0 spiro atoms. The highest BCUT2D eigenvalue weighted by Crippen LogP contribution is 2.18. The minimum absolute atomic E-state index is 0.149. The third kappa shape index (κ3) is 5.39. The molecule has 2 N–H and O–H groups in total. The zero-order valence-corrected chi connectivity index (χ0v) is 10.1. The van der Waals surface area contributed by atoms with E-state index in [0.717, 1.165) is 0 Å². The van der Waals surface area contributed by atoms with Crippen LogP contribution < -0.4 is 0 Å². The third-order valence-corrected chi connectivity index (χ3v) is 2.26. The van der Waals surface area contributed by atoms with Gasteiger partial charge in [-0.05, 0) is 24.6 Å². The van der Waals surface area contributed by atoms with Gasteiger partial charge in [0.2, 0.25) is 0 Å². The topological polar surface area (TPSA) is 57.5 Å². The molecule has 1 aromatic rings. The zero-order chi connectivity index (χ0) is 12.6. The number of rotatable bonds is 3. The molecule has 0 heterocycles. The van der Waals surface area contributed by atoms with Gasteiger partial charge in [0.1, 0.15) is 5.75 Å². The van der Waals surface area contributed by atoms with E-state index < -0.39 is 11.9 Å². The monoisotopic (exact) mass is 224 g/mol. The molecule has 0 aromatic heterocycles. The fourth-order valence-electron chi connectivity index (χ4n) is 0.906. The van der Waals surface area contributed by atoms with Gasteiger partial charge in [0, 0.05) is 0 Å². The van der Waals surface area contributed by atoms with Gasteiger partial charge in [0.15, 0.2) is 0 Å². The van der Waals surface area contributed by atoms with Crippen LogP contribution in [0.25, 0.3) is 0 Å². The van der Waals surface area contributed by atoms with Crippen LogP contribution in [0, 0.1) is 0 Å². The average molecular weight is 224 g/mol. The van der Waals surface area contributed by atoms with Crippen LogP contribution in [0.1, 0.15) is 45.1 Å². The number of benzene rings is 1. The highest BCUT2D eigenvalue weighted by atomic mass is 16.4. The Bertz CT molecular complexity index is 301. The number of phenols is 1. The van der Waals surface area contributed by atoms with E-state index in [4.69, 9.17) is 10.2 Å². The van der Waals surface area contributed by atoms with E-state index in [1.54, 1.807) is 19.1 Å². The van der Waals surface area contributed by atoms with Crippen LogP contribution in [-0.4, -0.2) is 16.2 Å². The van der Waals surface area contributed by atoms with Crippen molar-refractivity contribution in [2.75, 3.05) is 0 Å². The average Bonchev–Trinajstić information content (AvgIpc) is 2.29. The van der Waals surface area contributed by atoms with Gasteiger partial charge < -0.3 is 10.2 Å². The van der Waals surface area contributed by atoms with E-state index in [9.17, 15) is 4.79 Å². The van der Waals surface area contributed by atoms with Crippen molar-refractivity contribution in [1.29, 1.82) is 0 Å². The Morgan fingerprint density at radius 2 is 1.62 bits per heavy atom. The van der Waals surface area contributed by atoms with Crippen molar-refractivity contribution in [2.24, 2.45) is 0 Å². The first kappa shape index (κ1) is 14.5. The van der Waals surface area contributed by atoms with Crippen LogP contribution in [0.3, 0.4) is 0 Å². The number of carboxylic acids is 1. The van der Waals surface area contributed by atoms with Crippen LogP contribution >= 0.6 is 0 Å². The van der Waals surface area contributed by atoms with Gasteiger partial charge in [-0.1, -0.05) is 38.8 Å². The zero-order valence-electron chi connectivity index (χ0n) is 10.1. The molecule has 1 atom stereocenters. The number of unbranched alkanes of at least 4 members (excludes halogenated alkanes) is 1. The number of aromatic hydroxyl groups is 1. The van der Waals surface area contributed by atoms with Crippen molar-refractivity contribution in [3.8, 4) is 5.75 Å². The van der Waals surface area contributed by atoms with E-state index in [2.05, 4.69) is 13.8 Å². The molecule has 16 heavy (non-hydrogen) atoms. The molecule has 0 saturated carbocycles. The fraction of sp³-hybridized carbons (Fsp3) is 0.462. The molecule has 0 bridgehead atoms. The lowest BCUT2D eigenvalue weighted by Crippen LogP contribution is -2.06. The van der Waals surface area contributed by atoms with E-state index in [-0.39, 0.29) is 5.75 Å². The first-order chi connectivity index (χ1) is 7.52. The molecular weight excluding hydrogens is 204 g/mol. The van der Waals surface area contributed by atoms with Crippen LogP contribution in [0.15, 0.2) is 24.3 Å². The Labute approximate surface area is 96.7 Å². The quantitative estimate of drug-likeness (QED) is 0.827. The Morgan fingerprint density at radius 1 is 1.19 bits per heavy atom. The molecule has 0 radical (unpaired) electrons. The molecule has 1 unspecified atom stereocenters. The number of phenolic OH excluding ortho intramolecular Hbond substituents is 1. The van der Waals surface area contributed by atoms with Crippen molar-refractivity contribution in [3.05, 3.63) is 29.8 Å². The summed E-state index contributed by atoms with van der Waals surface area (Å²) < 4.78 is 0. The van der Waals surface area contributed by atoms with Crippen molar-refractivity contribution in [3.63, 3.8) is 0 Å². The largest absolute Gasteiger partial charge is 0.508 e. The number of hydrogen-bond acceptors (Lipinski definition) is 2. The Hall–Kier alpha value is -1.51. The first-order valence-electron chi connectivity index (χ1n) is 5.54. The second-order valence-electron chi connectivity index (χ2n) is 3.65. The van der Waals surface area contributed by atoms with Gasteiger partial charge in [0.25, 0.3) is 0 Å². The number of aliphatic carboxylic acids is 1. The molecular formula is C13H20O3. The van der Waals surface area contributed by atoms with Gasteiger partial charge in [-0.2, -0.15) is 0 Å². The Morgan fingerprint density at radius 3 is 1.94 bits per heavy atom. The Kier molecular flexibility index (Phi) is 7.01. The smallest absolute Gasteiger partial charge is 0.310 e. The molecule has 0 aliphatic carbocycles. The lowest BCUT2D eigenvalue weighted by molar-refractivity contribution is -0.138. The summed E-state index contributed by atoms with van der Waals surface area (Å²) in [6, 6.07) is 6.17. The fourth-order valence-corrected chi connectivity index (χ4v) is 0.906. The minimum Gasteiger partial charge on any atom is -0.508 e. The highest BCUT2D eigenvalue weighted by molar-refractivity contribution is 5.75. The minimum atomic E-state index is -0.860. The second-order valence-corrected chi connectivity index (χ2v) is 3.65. The summed E-state index contributed by atoms with van der Waals surface area (Å²) in [5.74, 6) is -1.23. The lowest BCUT2D eigenvalue weighted by Gasteiger charge is -2.05. The summed E-state index contributed by atoms with van der Waals surface area (Å²) in [6.07, 6.45) is 2.64. The first-order valence-corrected chi connectivity index (χ1v) is 5.54. The van der Waals surface area contributed by atoms with Gasteiger partial charge in [-0.3, -0.25) is 4.79 Å². The standard InChI is InChI=1S/C9H10O3.C4H10/c1-6(9(11)12)7-2-4-8(10)5-3-7;1-3-4-2/h2-6,10H,1H3,(H,11,12);3-4H2,1-2H3. The SMILES string of the molecule is CC(C(=O)O)c1ccc(O)cc1.CCCC. The molecule has 1 aromatic carbocycles. The summed E-state index contributed by atoms with van der Waals surface area (Å²) in [7, 11) is 0. The normalized spacial score (nSPS) is 11.2. The maximum atomic E-state index is 10.5. The predicted molar refractivity (Wildman–Crippen MR) is 64.7 cm³/mol. The molecule has 0 aliphatic rings. The molecule has 0 saturated heterocycles. The lowest BCUT2D eigenvalue weighted by atomic mass is 10.0. The molecule has 3 heteroatoms. The number of hydrogen-bond donors (Lipinski definition) is 2. The number of carbonyl (C=O) groups is 1. The van der Waals surface area contributed by atoms with Gasteiger partial charge in [-0.15, -0.1) is 0 Å². The molecule has 1 rings (SSSR count). The van der Waals surface area contributed by atoms with Crippen molar-refractivity contribution in [2.45, 2.75) is 39.5 Å². The summed E-state index contributed by atoms with van der Waals surface area (Å²) in [5.41, 5.74) is 0.695. The maximum absolute atomic E-state index is 10.5. The maximum Gasteiger partial charge on any atom is 0.310 e. The van der Waals surface area contributed by atoms with E-state index in [0.29, 0.717) is 5.56 Å². The van der Waals surface area contributed by atoms with E-state index in [1.165, 1.54) is 25.0 Å². The molecule has 0 amide bonds. The molecule has 3 nitrogen and oxygen atoms in total. The summed E-state index contributed by atoms with van der Waals surface area (Å²) >= 11 is 0. The molecule has 0 aliphatic heterocycles. The van der Waals surface area contributed by atoms with Crippen LogP contribution in [0.5, 0.6) is 5.75 Å². The predicted octanol–water partition coefficient (Wildman–Crippen LogP) is 3.39. The van der Waals surface area contributed by atoms with Gasteiger partial charge in [-0.25, -0.2) is 0 Å². The molecule has 90 valence electrons. The highest BCUT2D eigenvalue weighted by Gasteiger charge is 2.12. The van der Waals surface area contributed by atoms with Crippen LogP contribution in [-0.2, 0) is 4.79 Å². The second kappa shape index (κ2) is 7.74. The van der Waals surface area contributed by atoms with Crippen molar-refractivity contribution >= 4 is 5.97 Å². The van der Waals surface area contributed by atoms with Crippen molar-refractivity contribution < 1.29 is 15.0 Å². The van der Waals surface area contributed by atoms with Gasteiger partial charge in [0.05, 0.1) is 5.92 Å². The number of carboxylic acid groups (broad SMARTS) is 1. The summed E-state index contributed by atoms with van der Waals surface area (Å²) in [6.45, 7) is 5.97. The van der Waals surface area contributed by atoms with Gasteiger partial charge >= 0.3 is 5.97 Å². The summed E-state index contributed by atoms with van der Waals surface area (Å²) in [4.78, 5) is 10.5. The van der Waals surface area contributed by atoms with E-state index >= 15 is 0 Å². The van der Waals surface area contributed by atoms with Crippen LogP contribution in [0.2, 0.25) is 0 Å². The van der Waals surface area contributed by atoms with Crippen molar-refractivity contribution in [1.82, 2.24) is 0 Å².